The maximum absolute atomic E-state index is 12.1. The van der Waals surface area contributed by atoms with E-state index in [1.165, 1.54) is 5.01 Å². The number of hydrogen-bond acceptors (Lipinski definition) is 9. The highest BCUT2D eigenvalue weighted by Gasteiger charge is 2.32. The summed E-state index contributed by atoms with van der Waals surface area (Å²) in [6.07, 6.45) is 2.73. The van der Waals surface area contributed by atoms with E-state index in [0.29, 0.717) is 13.0 Å². The molecule has 36 heavy (non-hydrogen) atoms. The van der Waals surface area contributed by atoms with Gasteiger partial charge in [0.15, 0.2) is 0 Å². The molecular formula is C26H42N4O6. The summed E-state index contributed by atoms with van der Waals surface area (Å²) in [7, 11) is 0. The van der Waals surface area contributed by atoms with E-state index in [9.17, 15) is 14.4 Å². The Labute approximate surface area is 214 Å². The molecule has 0 bridgehead atoms. The maximum atomic E-state index is 12.1. The third-order valence-electron chi connectivity index (χ3n) is 5.07. The minimum atomic E-state index is -0.547. The summed E-state index contributed by atoms with van der Waals surface area (Å²) < 4.78 is 15.9. The maximum Gasteiger partial charge on any atom is 0.424 e. The van der Waals surface area contributed by atoms with Crippen molar-refractivity contribution in [3.63, 3.8) is 0 Å². The number of carbonyl (C=O) groups excluding carboxylic acids is 3. The molecule has 2 aliphatic rings. The van der Waals surface area contributed by atoms with Crippen LogP contribution < -0.4 is 16.3 Å². The van der Waals surface area contributed by atoms with Crippen LogP contribution >= 0.6 is 0 Å². The highest BCUT2D eigenvalue weighted by molar-refractivity contribution is 5.77. The monoisotopic (exact) mass is 506 g/mol. The topological polar surface area (TPSA) is 118 Å². The van der Waals surface area contributed by atoms with E-state index in [4.69, 9.17) is 14.2 Å². The number of ether oxygens (including phenoxy) is 3. The molecule has 2 fully saturated rings. The number of benzene rings is 1. The van der Waals surface area contributed by atoms with Crippen LogP contribution in [-0.2, 0) is 30.4 Å². The number of hydrazine groups is 2. The average molecular weight is 507 g/mol. The van der Waals surface area contributed by atoms with Crippen molar-refractivity contribution in [1.82, 2.24) is 21.3 Å². The summed E-state index contributed by atoms with van der Waals surface area (Å²) in [5.74, 6) is -0.516. The van der Waals surface area contributed by atoms with Crippen molar-refractivity contribution in [2.45, 2.75) is 97.1 Å². The Morgan fingerprint density at radius 3 is 2.03 bits per heavy atom. The molecule has 0 radical (unpaired) electrons. The minimum absolute atomic E-state index is 0.167. The summed E-state index contributed by atoms with van der Waals surface area (Å²) in [6.45, 7) is 12.7. The van der Waals surface area contributed by atoms with Crippen LogP contribution in [0.2, 0.25) is 0 Å². The lowest BCUT2D eigenvalue weighted by Crippen LogP contribution is -2.56. The molecule has 2 heterocycles. The van der Waals surface area contributed by atoms with E-state index in [1.54, 1.807) is 0 Å². The van der Waals surface area contributed by atoms with Gasteiger partial charge in [0.2, 0.25) is 0 Å². The highest BCUT2D eigenvalue weighted by Crippen LogP contribution is 2.15. The van der Waals surface area contributed by atoms with Crippen LogP contribution in [0.4, 0.5) is 4.79 Å². The van der Waals surface area contributed by atoms with Crippen LogP contribution in [0.1, 0.15) is 72.8 Å². The van der Waals surface area contributed by atoms with Crippen LogP contribution in [-0.4, -0.2) is 59.4 Å². The molecule has 2 saturated heterocycles. The fourth-order valence-corrected chi connectivity index (χ4v) is 3.47. The number of amides is 1. The standard InChI is InChI=1S/C17H24N2O4.C9H18N2O2/c1-17(2,3)23-15(20)14-10-7-11-19(18-14)16(21)22-12-13-8-5-4-6-9-13;1-9(2,3)13-8(12)7-5-4-6-10-11-7/h4-6,8-9,14,18H,7,10-12H2,1-3H3;7,10-11H,4-6H2,1-3H3/t14-;7-/m00/s1. The van der Waals surface area contributed by atoms with E-state index in [-0.39, 0.29) is 24.6 Å². The van der Waals surface area contributed by atoms with Gasteiger partial charge in [-0.3, -0.25) is 15.0 Å². The van der Waals surface area contributed by atoms with Gasteiger partial charge in [-0.15, -0.1) is 0 Å². The van der Waals surface area contributed by atoms with Crippen molar-refractivity contribution in [2.24, 2.45) is 0 Å². The van der Waals surface area contributed by atoms with E-state index < -0.39 is 23.3 Å². The Morgan fingerprint density at radius 1 is 0.889 bits per heavy atom. The molecule has 10 nitrogen and oxygen atoms in total. The molecule has 0 aliphatic carbocycles. The third-order valence-corrected chi connectivity index (χ3v) is 5.07. The van der Waals surface area contributed by atoms with Crippen LogP contribution in [0, 0.1) is 0 Å². The summed E-state index contributed by atoms with van der Waals surface area (Å²) in [4.78, 5) is 35.7. The Bertz CT molecular complexity index is 844. The molecule has 0 saturated carbocycles. The van der Waals surface area contributed by atoms with Crippen LogP contribution in [0.25, 0.3) is 0 Å². The molecule has 3 N–H and O–H groups in total. The fourth-order valence-electron chi connectivity index (χ4n) is 3.47. The average Bonchev–Trinajstić information content (AvgIpc) is 2.82. The lowest BCUT2D eigenvalue weighted by molar-refractivity contribution is -0.160. The molecule has 0 unspecified atom stereocenters. The Kier molecular flexibility index (Phi) is 11.1. The number of rotatable bonds is 4. The molecule has 1 aromatic rings. The van der Waals surface area contributed by atoms with E-state index in [2.05, 4.69) is 16.3 Å². The van der Waals surface area contributed by atoms with Gasteiger partial charge in [-0.1, -0.05) is 30.3 Å². The second-order valence-electron chi connectivity index (χ2n) is 10.8. The van der Waals surface area contributed by atoms with Gasteiger partial charge in [0, 0.05) is 13.1 Å². The van der Waals surface area contributed by atoms with Gasteiger partial charge in [-0.05, 0) is 72.8 Å². The zero-order valence-electron chi connectivity index (χ0n) is 22.4. The molecular weight excluding hydrogens is 464 g/mol. The summed E-state index contributed by atoms with van der Waals surface area (Å²) >= 11 is 0. The summed E-state index contributed by atoms with van der Waals surface area (Å²) in [6, 6.07) is 8.76. The van der Waals surface area contributed by atoms with Crippen molar-refractivity contribution in [3.8, 4) is 0 Å². The SMILES string of the molecule is CC(C)(C)OC(=O)[C@@H]1CCCN(C(=O)OCc2ccccc2)N1.CC(C)(C)OC(=O)[C@@H]1CCCNN1. The number of hydrogen-bond donors (Lipinski definition) is 3. The number of esters is 2. The van der Waals surface area contributed by atoms with Crippen molar-refractivity contribution >= 4 is 18.0 Å². The van der Waals surface area contributed by atoms with Gasteiger partial charge in [0.1, 0.15) is 29.9 Å². The van der Waals surface area contributed by atoms with Crippen molar-refractivity contribution in [1.29, 1.82) is 0 Å². The molecule has 202 valence electrons. The summed E-state index contributed by atoms with van der Waals surface area (Å²) in [5, 5.41) is 1.35. The van der Waals surface area contributed by atoms with Gasteiger partial charge >= 0.3 is 18.0 Å². The molecule has 2 aliphatic heterocycles. The second kappa shape index (κ2) is 13.6. The quantitative estimate of drug-likeness (QED) is 0.418. The predicted molar refractivity (Wildman–Crippen MR) is 135 cm³/mol. The van der Waals surface area contributed by atoms with E-state index in [0.717, 1.165) is 31.4 Å². The van der Waals surface area contributed by atoms with Crippen molar-refractivity contribution in [3.05, 3.63) is 35.9 Å². The van der Waals surface area contributed by atoms with Crippen molar-refractivity contribution < 1.29 is 28.6 Å². The highest BCUT2D eigenvalue weighted by atomic mass is 16.6. The smallest absolute Gasteiger partial charge is 0.424 e. The second-order valence-corrected chi connectivity index (χ2v) is 10.8. The van der Waals surface area contributed by atoms with Gasteiger partial charge < -0.3 is 14.2 Å². The first-order chi connectivity index (χ1) is 16.8. The lowest BCUT2D eigenvalue weighted by atomic mass is 10.1. The van der Waals surface area contributed by atoms with E-state index >= 15 is 0 Å². The molecule has 1 amide bonds. The van der Waals surface area contributed by atoms with Gasteiger partial charge in [-0.25, -0.2) is 20.7 Å². The van der Waals surface area contributed by atoms with Crippen LogP contribution in [0.15, 0.2) is 30.3 Å². The molecule has 0 aromatic heterocycles. The first-order valence-corrected chi connectivity index (χ1v) is 12.5. The third kappa shape index (κ3) is 11.4. The normalized spacial score (nSPS) is 20.4. The van der Waals surface area contributed by atoms with Gasteiger partial charge in [0.25, 0.3) is 0 Å². The first kappa shape index (κ1) is 29.5. The van der Waals surface area contributed by atoms with Crippen LogP contribution in [0.3, 0.4) is 0 Å². The van der Waals surface area contributed by atoms with E-state index in [1.807, 2.05) is 71.9 Å². The number of carbonyl (C=O) groups is 3. The zero-order chi connectivity index (χ0) is 26.8. The van der Waals surface area contributed by atoms with Gasteiger partial charge in [0.05, 0.1) is 0 Å². The van der Waals surface area contributed by atoms with Crippen LogP contribution in [0.5, 0.6) is 0 Å². The Balaban J connectivity index is 0.000000297. The molecule has 3 rings (SSSR count). The molecule has 1 aromatic carbocycles. The molecule has 0 spiro atoms. The fraction of sp³-hybridized carbons (Fsp3) is 0.654. The number of nitrogens with one attached hydrogen (secondary N) is 3. The Hall–Kier alpha value is -2.69. The number of nitrogens with zero attached hydrogens (tertiary/aromatic N) is 1. The predicted octanol–water partition coefficient (Wildman–Crippen LogP) is 3.22. The molecule has 2 atom stereocenters. The van der Waals surface area contributed by atoms with Crippen molar-refractivity contribution in [2.75, 3.05) is 13.1 Å². The largest absolute Gasteiger partial charge is 0.459 e. The zero-order valence-corrected chi connectivity index (χ0v) is 22.4. The Morgan fingerprint density at radius 2 is 1.47 bits per heavy atom. The van der Waals surface area contributed by atoms with Gasteiger partial charge in [-0.2, -0.15) is 0 Å². The summed E-state index contributed by atoms with van der Waals surface area (Å²) in [5.41, 5.74) is 8.74. The minimum Gasteiger partial charge on any atom is -0.459 e. The lowest BCUT2D eigenvalue weighted by Gasteiger charge is -2.33. The molecule has 10 heteroatoms. The first-order valence-electron chi connectivity index (χ1n) is 12.5.